The normalized spacial score (nSPS) is 14.9. The number of benzene rings is 1. The Morgan fingerprint density at radius 3 is 2.12 bits per heavy atom. The smallest absolute Gasteiger partial charge is 0.174 e. The van der Waals surface area contributed by atoms with E-state index in [1.807, 2.05) is 7.11 Å². The summed E-state index contributed by atoms with van der Waals surface area (Å²) in [4.78, 5) is 0. The van der Waals surface area contributed by atoms with Crippen LogP contribution in [0.1, 0.15) is 90.5 Å². The first-order valence-corrected chi connectivity index (χ1v) is 10.9. The molecule has 0 radical (unpaired) electrons. The van der Waals surface area contributed by atoms with Gasteiger partial charge < -0.3 is 9.47 Å². The zero-order chi connectivity index (χ0) is 19.1. The molecule has 0 aliphatic heterocycles. The van der Waals surface area contributed by atoms with Crippen LogP contribution in [-0.4, -0.2) is 19.5 Å². The summed E-state index contributed by atoms with van der Waals surface area (Å²) < 4.78 is 12.6. The Labute approximate surface area is 162 Å². The van der Waals surface area contributed by atoms with E-state index in [2.05, 4.69) is 51.1 Å². The van der Waals surface area contributed by atoms with Crippen LogP contribution < -0.4 is 0 Å². The van der Waals surface area contributed by atoms with E-state index >= 15 is 0 Å². The van der Waals surface area contributed by atoms with Gasteiger partial charge >= 0.3 is 0 Å². The molecule has 150 valence electrons. The molecule has 2 heteroatoms. The van der Waals surface area contributed by atoms with Crippen LogP contribution in [-0.2, 0) is 15.9 Å². The molecule has 0 bridgehead atoms. The summed E-state index contributed by atoms with van der Waals surface area (Å²) in [6.45, 7) is 7.48. The van der Waals surface area contributed by atoms with Gasteiger partial charge in [0.25, 0.3) is 0 Å². The van der Waals surface area contributed by atoms with Gasteiger partial charge in [0.05, 0.1) is 0 Å². The Hall–Kier alpha value is -0.860. The molecule has 0 aromatic heterocycles. The molecule has 1 rings (SSSR count). The maximum atomic E-state index is 6.42. The van der Waals surface area contributed by atoms with E-state index in [9.17, 15) is 0 Å². The number of methoxy groups -OCH3 is 1. The van der Waals surface area contributed by atoms with Crippen molar-refractivity contribution in [3.05, 3.63) is 35.9 Å². The molecule has 1 aromatic carbocycles. The average molecular weight is 363 g/mol. The molecule has 0 saturated carbocycles. The van der Waals surface area contributed by atoms with Crippen molar-refractivity contribution in [3.8, 4) is 0 Å². The van der Waals surface area contributed by atoms with Crippen LogP contribution in [0.5, 0.6) is 0 Å². The second kappa shape index (κ2) is 14.2. The summed E-state index contributed by atoms with van der Waals surface area (Å²) in [5.74, 6) is -0.0352. The lowest BCUT2D eigenvalue weighted by atomic mass is 9.84. The first-order chi connectivity index (χ1) is 12.7. The van der Waals surface area contributed by atoms with Crippen LogP contribution in [0.4, 0.5) is 0 Å². The van der Waals surface area contributed by atoms with E-state index < -0.39 is 5.79 Å². The summed E-state index contributed by atoms with van der Waals surface area (Å²) in [7, 11) is 1.84. The van der Waals surface area contributed by atoms with Crippen molar-refractivity contribution in [2.45, 2.75) is 97.2 Å². The van der Waals surface area contributed by atoms with Gasteiger partial charge in [0.2, 0.25) is 0 Å². The predicted octanol–water partition coefficient (Wildman–Crippen LogP) is 7.17. The minimum absolute atomic E-state index is 0.454. The molecular formula is C24H42O2. The molecule has 0 aliphatic carbocycles. The van der Waals surface area contributed by atoms with Crippen LogP contribution in [0, 0.1) is 5.92 Å². The zero-order valence-corrected chi connectivity index (χ0v) is 17.8. The van der Waals surface area contributed by atoms with E-state index in [0.29, 0.717) is 5.92 Å². The van der Waals surface area contributed by atoms with Crippen LogP contribution in [0.25, 0.3) is 0 Å². The van der Waals surface area contributed by atoms with Gasteiger partial charge in [-0.3, -0.25) is 0 Å². The lowest BCUT2D eigenvalue weighted by Gasteiger charge is -2.40. The van der Waals surface area contributed by atoms with Crippen molar-refractivity contribution < 1.29 is 9.47 Å². The Morgan fingerprint density at radius 2 is 1.50 bits per heavy atom. The number of rotatable bonds is 16. The fourth-order valence-corrected chi connectivity index (χ4v) is 3.87. The minimum atomic E-state index is -0.489. The van der Waals surface area contributed by atoms with Crippen LogP contribution >= 0.6 is 0 Å². The molecule has 2 nitrogen and oxygen atoms in total. The maximum Gasteiger partial charge on any atom is 0.174 e. The summed E-state index contributed by atoms with van der Waals surface area (Å²) in [5.41, 5.74) is 1.30. The molecular weight excluding hydrogens is 320 g/mol. The summed E-state index contributed by atoms with van der Waals surface area (Å²) in [5, 5.41) is 0. The van der Waals surface area contributed by atoms with Crippen molar-refractivity contribution >= 4 is 0 Å². The fourth-order valence-electron chi connectivity index (χ4n) is 3.87. The van der Waals surface area contributed by atoms with E-state index in [1.165, 1.54) is 63.4 Å². The first-order valence-electron chi connectivity index (χ1n) is 10.9. The fraction of sp³-hybridized carbons (Fsp3) is 0.750. The standard InChI is InChI=1S/C24H42O2/c1-5-8-9-10-11-15-19-23(16-6-2)24(25-4,26-20-7-3)21-22-17-13-12-14-18-22/h12-14,17-18,23H,5-11,15-16,19-21H2,1-4H3. The molecule has 0 fully saturated rings. The monoisotopic (exact) mass is 362 g/mol. The SMILES string of the molecule is CCCCCCCCC(CCC)C(Cc1ccccc1)(OC)OCCC. The number of hydrogen-bond donors (Lipinski definition) is 0. The highest BCUT2D eigenvalue weighted by atomic mass is 16.7. The van der Waals surface area contributed by atoms with Gasteiger partial charge in [0, 0.05) is 26.1 Å². The molecule has 0 amide bonds. The summed E-state index contributed by atoms with van der Waals surface area (Å²) in [6.07, 6.45) is 13.4. The molecule has 0 spiro atoms. The van der Waals surface area contributed by atoms with Crippen LogP contribution in [0.3, 0.4) is 0 Å². The Bertz CT molecular complexity index is 431. The predicted molar refractivity (Wildman–Crippen MR) is 113 cm³/mol. The Balaban J connectivity index is 2.79. The zero-order valence-electron chi connectivity index (χ0n) is 17.8. The van der Waals surface area contributed by atoms with E-state index in [-0.39, 0.29) is 0 Å². The van der Waals surface area contributed by atoms with E-state index in [1.54, 1.807) is 0 Å². The lowest BCUT2D eigenvalue weighted by molar-refractivity contribution is -0.256. The van der Waals surface area contributed by atoms with Crippen molar-refractivity contribution in [3.63, 3.8) is 0 Å². The van der Waals surface area contributed by atoms with Gasteiger partial charge in [-0.25, -0.2) is 0 Å². The lowest BCUT2D eigenvalue weighted by Crippen LogP contribution is -2.45. The average Bonchev–Trinajstić information content (AvgIpc) is 2.68. The molecule has 0 N–H and O–H groups in total. The molecule has 1 aromatic rings. The highest BCUT2D eigenvalue weighted by molar-refractivity contribution is 5.16. The topological polar surface area (TPSA) is 18.5 Å². The molecule has 26 heavy (non-hydrogen) atoms. The van der Waals surface area contributed by atoms with E-state index in [4.69, 9.17) is 9.47 Å². The Kier molecular flexibility index (Phi) is 12.7. The Morgan fingerprint density at radius 1 is 0.808 bits per heavy atom. The second-order valence-electron chi connectivity index (χ2n) is 7.57. The van der Waals surface area contributed by atoms with Crippen molar-refractivity contribution in [2.75, 3.05) is 13.7 Å². The highest BCUT2D eigenvalue weighted by Gasteiger charge is 2.39. The molecule has 0 heterocycles. The van der Waals surface area contributed by atoms with Gasteiger partial charge in [-0.2, -0.15) is 0 Å². The number of hydrogen-bond acceptors (Lipinski definition) is 2. The van der Waals surface area contributed by atoms with Gasteiger partial charge in [-0.15, -0.1) is 0 Å². The van der Waals surface area contributed by atoms with Crippen molar-refractivity contribution in [1.82, 2.24) is 0 Å². The van der Waals surface area contributed by atoms with Crippen molar-refractivity contribution in [2.24, 2.45) is 5.92 Å². The van der Waals surface area contributed by atoms with Gasteiger partial charge in [-0.1, -0.05) is 96.0 Å². The summed E-state index contributed by atoms with van der Waals surface area (Å²) in [6, 6.07) is 10.7. The quantitative estimate of drug-likeness (QED) is 0.229. The first kappa shape index (κ1) is 23.2. The van der Waals surface area contributed by atoms with Crippen LogP contribution in [0.15, 0.2) is 30.3 Å². The molecule has 0 saturated heterocycles. The molecule has 2 unspecified atom stereocenters. The second-order valence-corrected chi connectivity index (χ2v) is 7.57. The van der Waals surface area contributed by atoms with Crippen molar-refractivity contribution in [1.29, 1.82) is 0 Å². The third kappa shape index (κ3) is 8.22. The number of unbranched alkanes of at least 4 members (excludes halogenated alkanes) is 5. The summed E-state index contributed by atoms with van der Waals surface area (Å²) >= 11 is 0. The van der Waals surface area contributed by atoms with Crippen LogP contribution in [0.2, 0.25) is 0 Å². The maximum absolute atomic E-state index is 6.42. The minimum Gasteiger partial charge on any atom is -0.353 e. The third-order valence-electron chi connectivity index (χ3n) is 5.35. The van der Waals surface area contributed by atoms with Gasteiger partial charge in [0.1, 0.15) is 0 Å². The molecule has 0 aliphatic rings. The van der Waals surface area contributed by atoms with Gasteiger partial charge in [-0.05, 0) is 24.8 Å². The van der Waals surface area contributed by atoms with E-state index in [0.717, 1.165) is 19.4 Å². The largest absolute Gasteiger partial charge is 0.353 e. The number of ether oxygens (including phenoxy) is 2. The molecule has 2 atom stereocenters. The third-order valence-corrected chi connectivity index (χ3v) is 5.35. The highest BCUT2D eigenvalue weighted by Crippen LogP contribution is 2.35. The van der Waals surface area contributed by atoms with Gasteiger partial charge in [0.15, 0.2) is 5.79 Å².